The van der Waals surface area contributed by atoms with Crippen LogP contribution < -0.4 is 15.8 Å². The van der Waals surface area contributed by atoms with Crippen LogP contribution in [0.2, 0.25) is 0 Å². The molecule has 0 spiro atoms. The number of nitrogens with two attached hydrogens (primary N) is 1. The van der Waals surface area contributed by atoms with E-state index in [0.717, 1.165) is 17.7 Å². The van der Waals surface area contributed by atoms with Crippen LogP contribution in [0.1, 0.15) is 23.9 Å². The molecule has 1 heterocycles. The number of nitrogen functional groups attached to an aromatic ring is 1. The van der Waals surface area contributed by atoms with Crippen molar-refractivity contribution in [1.82, 2.24) is 15.0 Å². The zero-order valence-corrected chi connectivity index (χ0v) is 14.3. The second kappa shape index (κ2) is 7.94. The molecule has 0 unspecified atom stereocenters. The highest BCUT2D eigenvalue weighted by Crippen LogP contribution is 2.20. The van der Waals surface area contributed by atoms with Crippen molar-refractivity contribution in [1.29, 1.82) is 5.26 Å². The molecule has 0 aliphatic carbocycles. The maximum Gasteiger partial charge on any atom is 0.232 e. The second-order valence-corrected chi connectivity index (χ2v) is 5.47. The van der Waals surface area contributed by atoms with Gasteiger partial charge in [-0.05, 0) is 30.2 Å². The minimum Gasteiger partial charge on any atom is -0.484 e. The van der Waals surface area contributed by atoms with E-state index in [-0.39, 0.29) is 12.6 Å². The fourth-order valence-corrected chi connectivity index (χ4v) is 2.46. The van der Waals surface area contributed by atoms with Gasteiger partial charge in [-0.25, -0.2) is 0 Å². The number of ether oxygens (including phenoxy) is 1. The molecule has 1 aromatic heterocycles. The van der Waals surface area contributed by atoms with Crippen LogP contribution in [0, 0.1) is 11.3 Å². The van der Waals surface area contributed by atoms with E-state index in [1.54, 1.807) is 24.3 Å². The quantitative estimate of drug-likeness (QED) is 0.705. The Hall–Kier alpha value is -3.66. The maximum absolute atomic E-state index is 9.12. The number of benzene rings is 2. The number of anilines is 3. The standard InChI is InChI=1S/C19H18N6O/c1-2-13-7-3-5-9-15(13)22-19-24-17(23-18(21)25-19)12-26-16-10-6-4-8-14(16)11-20/h3-10H,2,12H2,1H3,(H3,21,22,23,24,25). The molecule has 130 valence electrons. The highest BCUT2D eigenvalue weighted by atomic mass is 16.5. The SMILES string of the molecule is CCc1ccccc1Nc1nc(N)nc(COc2ccccc2C#N)n1. The Kier molecular flexibility index (Phi) is 5.25. The minimum absolute atomic E-state index is 0.0789. The first kappa shape index (κ1) is 17.2. The number of rotatable bonds is 6. The topological polar surface area (TPSA) is 110 Å². The van der Waals surface area contributed by atoms with Crippen molar-refractivity contribution < 1.29 is 4.74 Å². The first-order valence-electron chi connectivity index (χ1n) is 8.17. The second-order valence-electron chi connectivity index (χ2n) is 5.47. The smallest absolute Gasteiger partial charge is 0.232 e. The van der Waals surface area contributed by atoms with Crippen molar-refractivity contribution in [3.05, 3.63) is 65.5 Å². The highest BCUT2D eigenvalue weighted by molar-refractivity contribution is 5.58. The van der Waals surface area contributed by atoms with Crippen molar-refractivity contribution in [2.45, 2.75) is 20.0 Å². The van der Waals surface area contributed by atoms with E-state index >= 15 is 0 Å². The summed E-state index contributed by atoms with van der Waals surface area (Å²) in [7, 11) is 0. The maximum atomic E-state index is 9.12. The summed E-state index contributed by atoms with van der Waals surface area (Å²) in [6.07, 6.45) is 0.880. The minimum atomic E-state index is 0.0789. The van der Waals surface area contributed by atoms with Gasteiger partial charge in [0.15, 0.2) is 5.82 Å². The van der Waals surface area contributed by atoms with E-state index < -0.39 is 0 Å². The molecule has 0 aliphatic heterocycles. The van der Waals surface area contributed by atoms with Crippen LogP contribution in [0.4, 0.5) is 17.6 Å². The molecule has 0 bridgehead atoms. The number of nitrogens with zero attached hydrogens (tertiary/aromatic N) is 4. The molecular weight excluding hydrogens is 328 g/mol. The summed E-state index contributed by atoms with van der Waals surface area (Å²) < 4.78 is 5.66. The van der Waals surface area contributed by atoms with Crippen LogP contribution in [0.15, 0.2) is 48.5 Å². The Morgan fingerprint density at radius 2 is 1.85 bits per heavy atom. The summed E-state index contributed by atoms with van der Waals surface area (Å²) in [6, 6.07) is 17.0. The number of hydrogen-bond acceptors (Lipinski definition) is 7. The molecule has 3 N–H and O–H groups in total. The molecule has 0 fully saturated rings. The number of hydrogen-bond donors (Lipinski definition) is 2. The van der Waals surface area contributed by atoms with Gasteiger partial charge >= 0.3 is 0 Å². The van der Waals surface area contributed by atoms with Gasteiger partial charge in [-0.1, -0.05) is 37.3 Å². The van der Waals surface area contributed by atoms with Gasteiger partial charge in [0.2, 0.25) is 11.9 Å². The molecule has 3 rings (SSSR count). The molecular formula is C19H18N6O. The number of aryl methyl sites for hydroxylation is 1. The van der Waals surface area contributed by atoms with E-state index in [0.29, 0.717) is 23.1 Å². The van der Waals surface area contributed by atoms with E-state index in [2.05, 4.69) is 33.3 Å². The van der Waals surface area contributed by atoms with Crippen LogP contribution in [0.5, 0.6) is 5.75 Å². The van der Waals surface area contributed by atoms with Crippen LogP contribution in [-0.2, 0) is 13.0 Å². The molecule has 26 heavy (non-hydrogen) atoms. The van der Waals surface area contributed by atoms with Gasteiger partial charge in [0.25, 0.3) is 0 Å². The number of aromatic nitrogens is 3. The summed E-state index contributed by atoms with van der Waals surface area (Å²) in [5, 5.41) is 12.3. The van der Waals surface area contributed by atoms with Gasteiger partial charge in [0, 0.05) is 5.69 Å². The normalized spacial score (nSPS) is 10.2. The van der Waals surface area contributed by atoms with Gasteiger partial charge < -0.3 is 15.8 Å². The Morgan fingerprint density at radius 3 is 2.65 bits per heavy atom. The summed E-state index contributed by atoms with van der Waals surface area (Å²) >= 11 is 0. The lowest BCUT2D eigenvalue weighted by atomic mass is 10.1. The van der Waals surface area contributed by atoms with Crippen molar-refractivity contribution in [3.8, 4) is 11.8 Å². The van der Waals surface area contributed by atoms with Crippen molar-refractivity contribution in [2.24, 2.45) is 0 Å². The van der Waals surface area contributed by atoms with Crippen molar-refractivity contribution in [2.75, 3.05) is 11.1 Å². The zero-order chi connectivity index (χ0) is 18.4. The van der Waals surface area contributed by atoms with Crippen LogP contribution >= 0.6 is 0 Å². The van der Waals surface area contributed by atoms with Gasteiger partial charge in [-0.3, -0.25) is 0 Å². The predicted molar refractivity (Wildman–Crippen MR) is 98.8 cm³/mol. The summed E-state index contributed by atoms with van der Waals surface area (Å²) in [5.41, 5.74) is 8.31. The molecule has 0 atom stereocenters. The van der Waals surface area contributed by atoms with Gasteiger partial charge in [0.1, 0.15) is 18.4 Å². The molecule has 0 saturated heterocycles. The molecule has 2 aromatic carbocycles. The third-order valence-electron chi connectivity index (χ3n) is 3.71. The Labute approximate surface area is 151 Å². The number of nitriles is 1. The lowest BCUT2D eigenvalue weighted by molar-refractivity contribution is 0.295. The molecule has 0 saturated carbocycles. The Morgan fingerprint density at radius 1 is 1.08 bits per heavy atom. The summed E-state index contributed by atoms with van der Waals surface area (Å²) in [6.45, 7) is 2.16. The van der Waals surface area contributed by atoms with Gasteiger partial charge in [-0.2, -0.15) is 20.2 Å². The van der Waals surface area contributed by atoms with Gasteiger partial charge in [-0.15, -0.1) is 0 Å². The monoisotopic (exact) mass is 346 g/mol. The van der Waals surface area contributed by atoms with Crippen molar-refractivity contribution in [3.63, 3.8) is 0 Å². The number of para-hydroxylation sites is 2. The first-order valence-corrected chi connectivity index (χ1v) is 8.17. The third kappa shape index (κ3) is 4.05. The zero-order valence-electron chi connectivity index (χ0n) is 14.3. The average molecular weight is 346 g/mol. The fraction of sp³-hybridized carbons (Fsp3) is 0.158. The fourth-order valence-electron chi connectivity index (χ4n) is 2.46. The largest absolute Gasteiger partial charge is 0.484 e. The van der Waals surface area contributed by atoms with E-state index in [9.17, 15) is 0 Å². The first-order chi connectivity index (χ1) is 12.7. The molecule has 3 aromatic rings. The molecule has 0 radical (unpaired) electrons. The summed E-state index contributed by atoms with van der Waals surface area (Å²) in [5.74, 6) is 1.30. The van der Waals surface area contributed by atoms with E-state index in [4.69, 9.17) is 15.7 Å². The van der Waals surface area contributed by atoms with Crippen LogP contribution in [0.3, 0.4) is 0 Å². The molecule has 0 amide bonds. The molecule has 7 nitrogen and oxygen atoms in total. The molecule has 7 heteroatoms. The number of nitrogens with one attached hydrogen (secondary N) is 1. The Bertz CT molecular complexity index is 951. The Balaban J connectivity index is 1.78. The van der Waals surface area contributed by atoms with Crippen LogP contribution in [-0.4, -0.2) is 15.0 Å². The predicted octanol–water partition coefficient (Wildman–Crippen LogP) is 3.21. The lowest BCUT2D eigenvalue weighted by Crippen LogP contribution is -2.10. The van der Waals surface area contributed by atoms with Crippen molar-refractivity contribution >= 4 is 17.6 Å². The van der Waals surface area contributed by atoms with Gasteiger partial charge in [0.05, 0.1) is 5.56 Å². The molecule has 0 aliphatic rings. The van der Waals surface area contributed by atoms with E-state index in [1.807, 2.05) is 24.3 Å². The summed E-state index contributed by atoms with van der Waals surface area (Å²) in [4.78, 5) is 12.6. The van der Waals surface area contributed by atoms with E-state index in [1.165, 1.54) is 0 Å². The lowest BCUT2D eigenvalue weighted by Gasteiger charge is -2.11. The highest BCUT2D eigenvalue weighted by Gasteiger charge is 2.09. The average Bonchev–Trinajstić information content (AvgIpc) is 2.66. The van der Waals surface area contributed by atoms with Crippen LogP contribution in [0.25, 0.3) is 0 Å². The third-order valence-corrected chi connectivity index (χ3v) is 3.71.